The first-order valence-corrected chi connectivity index (χ1v) is 6.75. The third-order valence-corrected chi connectivity index (χ3v) is 3.48. The minimum Gasteiger partial charge on any atom is -0.323 e. The molecular formula is C15H15BrN2O. The van der Waals surface area contributed by atoms with Crippen molar-refractivity contribution in [3.05, 3.63) is 64.1 Å². The minimum atomic E-state index is -0.672. The molecule has 0 unspecified atom stereocenters. The van der Waals surface area contributed by atoms with Crippen molar-refractivity contribution in [2.45, 2.75) is 13.0 Å². The lowest BCUT2D eigenvalue weighted by molar-refractivity contribution is -0.117. The van der Waals surface area contributed by atoms with Gasteiger partial charge in [-0.1, -0.05) is 36.4 Å². The summed E-state index contributed by atoms with van der Waals surface area (Å²) in [6.45, 7) is 1.99. The molecule has 19 heavy (non-hydrogen) atoms. The van der Waals surface area contributed by atoms with Crippen LogP contribution in [0.15, 0.2) is 53.0 Å². The summed E-state index contributed by atoms with van der Waals surface area (Å²) >= 11 is 3.43. The van der Waals surface area contributed by atoms with E-state index < -0.39 is 6.04 Å². The summed E-state index contributed by atoms with van der Waals surface area (Å²) in [6, 6.07) is 14.4. The first-order valence-electron chi connectivity index (χ1n) is 5.95. The molecule has 0 bridgehead atoms. The fourth-order valence-corrected chi connectivity index (χ4v) is 2.34. The number of nitrogens with one attached hydrogen (secondary N) is 1. The number of rotatable bonds is 3. The quantitative estimate of drug-likeness (QED) is 0.911. The van der Waals surface area contributed by atoms with Gasteiger partial charge >= 0.3 is 0 Å². The summed E-state index contributed by atoms with van der Waals surface area (Å²) in [6.07, 6.45) is 0. The molecule has 1 atom stereocenters. The highest BCUT2D eigenvalue weighted by Crippen LogP contribution is 2.24. The lowest BCUT2D eigenvalue weighted by atomic mass is 10.1. The number of hydrogen-bond donors (Lipinski definition) is 2. The third-order valence-electron chi connectivity index (χ3n) is 2.82. The summed E-state index contributed by atoms with van der Waals surface area (Å²) in [7, 11) is 0. The lowest BCUT2D eigenvalue weighted by Crippen LogP contribution is -2.27. The summed E-state index contributed by atoms with van der Waals surface area (Å²) in [4.78, 5) is 12.1. The van der Waals surface area contributed by atoms with E-state index in [1.807, 2.05) is 55.5 Å². The number of anilines is 1. The normalized spacial score (nSPS) is 11.9. The van der Waals surface area contributed by atoms with Crippen molar-refractivity contribution in [3.8, 4) is 0 Å². The van der Waals surface area contributed by atoms with Gasteiger partial charge in [-0.25, -0.2) is 0 Å². The van der Waals surface area contributed by atoms with Crippen LogP contribution in [-0.2, 0) is 4.79 Å². The van der Waals surface area contributed by atoms with Gasteiger partial charge in [0.15, 0.2) is 0 Å². The van der Waals surface area contributed by atoms with Crippen LogP contribution in [0.3, 0.4) is 0 Å². The Morgan fingerprint density at radius 2 is 1.89 bits per heavy atom. The summed E-state index contributed by atoms with van der Waals surface area (Å²) in [5, 5.41) is 2.82. The van der Waals surface area contributed by atoms with Gasteiger partial charge in [-0.15, -0.1) is 0 Å². The van der Waals surface area contributed by atoms with Crippen molar-refractivity contribution >= 4 is 27.5 Å². The number of carbonyl (C=O) groups excluding carboxylic acids is 1. The first-order chi connectivity index (χ1) is 9.08. The smallest absolute Gasteiger partial charge is 0.245 e. The maximum atomic E-state index is 12.1. The predicted molar refractivity (Wildman–Crippen MR) is 80.9 cm³/mol. The van der Waals surface area contributed by atoms with Crippen LogP contribution in [0.2, 0.25) is 0 Å². The number of nitrogens with two attached hydrogens (primary N) is 1. The van der Waals surface area contributed by atoms with Gasteiger partial charge in [-0.2, -0.15) is 0 Å². The highest BCUT2D eigenvalue weighted by Gasteiger charge is 2.16. The Kier molecular flexibility index (Phi) is 4.35. The summed E-state index contributed by atoms with van der Waals surface area (Å²) in [5.74, 6) is -0.226. The number of hydrogen-bond acceptors (Lipinski definition) is 2. The Balaban J connectivity index is 2.13. The number of amides is 1. The second-order valence-corrected chi connectivity index (χ2v) is 5.22. The van der Waals surface area contributed by atoms with Crippen LogP contribution in [0.4, 0.5) is 5.69 Å². The van der Waals surface area contributed by atoms with E-state index in [-0.39, 0.29) is 5.91 Å². The number of carbonyl (C=O) groups is 1. The standard InChI is InChI=1S/C15H15BrN2O/c1-10-7-8-13(12(16)9-10)18-15(19)14(17)11-5-3-2-4-6-11/h2-9,14H,17H2,1H3,(H,18,19)/t14-/m0/s1. The Morgan fingerprint density at radius 3 is 2.53 bits per heavy atom. The van der Waals surface area contributed by atoms with E-state index in [2.05, 4.69) is 21.2 Å². The van der Waals surface area contributed by atoms with Gasteiger partial charge in [-0.05, 0) is 46.1 Å². The Labute approximate surface area is 121 Å². The van der Waals surface area contributed by atoms with Crippen LogP contribution in [0.25, 0.3) is 0 Å². The van der Waals surface area contributed by atoms with E-state index in [0.717, 1.165) is 21.3 Å². The van der Waals surface area contributed by atoms with Crippen molar-refractivity contribution in [2.75, 3.05) is 5.32 Å². The van der Waals surface area contributed by atoms with Crippen molar-refractivity contribution in [1.82, 2.24) is 0 Å². The Morgan fingerprint density at radius 1 is 1.21 bits per heavy atom. The van der Waals surface area contributed by atoms with Crippen LogP contribution in [0.1, 0.15) is 17.2 Å². The summed E-state index contributed by atoms with van der Waals surface area (Å²) < 4.78 is 0.848. The van der Waals surface area contributed by atoms with Crippen LogP contribution in [0, 0.1) is 6.92 Å². The fourth-order valence-electron chi connectivity index (χ4n) is 1.74. The summed E-state index contributed by atoms with van der Waals surface area (Å²) in [5.41, 5.74) is 8.58. The average molecular weight is 319 g/mol. The van der Waals surface area contributed by atoms with Gasteiger partial charge in [0.1, 0.15) is 6.04 Å². The molecule has 2 aromatic carbocycles. The molecule has 0 spiro atoms. The van der Waals surface area contributed by atoms with Crippen molar-refractivity contribution in [2.24, 2.45) is 5.73 Å². The highest BCUT2D eigenvalue weighted by molar-refractivity contribution is 9.10. The molecule has 0 aliphatic heterocycles. The third kappa shape index (κ3) is 3.43. The van der Waals surface area contributed by atoms with Crippen LogP contribution in [-0.4, -0.2) is 5.91 Å². The molecule has 2 aromatic rings. The maximum absolute atomic E-state index is 12.1. The average Bonchev–Trinajstić information content (AvgIpc) is 2.42. The second-order valence-electron chi connectivity index (χ2n) is 4.36. The molecule has 3 nitrogen and oxygen atoms in total. The van der Waals surface area contributed by atoms with Gasteiger partial charge in [0, 0.05) is 4.47 Å². The number of halogens is 1. The fraction of sp³-hybridized carbons (Fsp3) is 0.133. The van der Waals surface area contributed by atoms with Crippen molar-refractivity contribution in [3.63, 3.8) is 0 Å². The molecule has 0 fully saturated rings. The van der Waals surface area contributed by atoms with E-state index in [4.69, 9.17) is 5.73 Å². The zero-order valence-electron chi connectivity index (χ0n) is 10.6. The molecule has 4 heteroatoms. The molecule has 0 saturated carbocycles. The maximum Gasteiger partial charge on any atom is 0.245 e. The SMILES string of the molecule is Cc1ccc(NC(=O)[C@@H](N)c2ccccc2)c(Br)c1. The number of aryl methyl sites for hydroxylation is 1. The molecular weight excluding hydrogens is 304 g/mol. The van der Waals surface area contributed by atoms with Crippen molar-refractivity contribution in [1.29, 1.82) is 0 Å². The van der Waals surface area contributed by atoms with Gasteiger partial charge in [-0.3, -0.25) is 4.79 Å². The number of benzene rings is 2. The van der Waals surface area contributed by atoms with Crippen LogP contribution in [0.5, 0.6) is 0 Å². The zero-order chi connectivity index (χ0) is 13.8. The van der Waals surface area contributed by atoms with Crippen molar-refractivity contribution < 1.29 is 4.79 Å². The van der Waals surface area contributed by atoms with E-state index in [1.54, 1.807) is 0 Å². The molecule has 3 N–H and O–H groups in total. The monoisotopic (exact) mass is 318 g/mol. The van der Waals surface area contributed by atoms with Gasteiger partial charge in [0.2, 0.25) is 5.91 Å². The van der Waals surface area contributed by atoms with Crippen LogP contribution >= 0.6 is 15.9 Å². The predicted octanol–water partition coefficient (Wildman–Crippen LogP) is 3.40. The molecule has 0 radical (unpaired) electrons. The molecule has 1 amide bonds. The van der Waals surface area contributed by atoms with E-state index in [0.29, 0.717) is 0 Å². The molecule has 0 saturated heterocycles. The topological polar surface area (TPSA) is 55.1 Å². The lowest BCUT2D eigenvalue weighted by Gasteiger charge is -2.13. The van der Waals surface area contributed by atoms with Crippen LogP contribution < -0.4 is 11.1 Å². The first kappa shape index (κ1) is 13.8. The second kappa shape index (κ2) is 5.99. The Bertz CT molecular complexity index is 584. The molecule has 98 valence electrons. The van der Waals surface area contributed by atoms with Gasteiger partial charge in [0.05, 0.1) is 5.69 Å². The molecule has 0 aliphatic carbocycles. The molecule has 0 aromatic heterocycles. The Hall–Kier alpha value is -1.65. The molecule has 0 heterocycles. The van der Waals surface area contributed by atoms with E-state index in [1.165, 1.54) is 0 Å². The minimum absolute atomic E-state index is 0.226. The van der Waals surface area contributed by atoms with E-state index >= 15 is 0 Å². The van der Waals surface area contributed by atoms with Gasteiger partial charge in [0.25, 0.3) is 0 Å². The largest absolute Gasteiger partial charge is 0.323 e. The zero-order valence-corrected chi connectivity index (χ0v) is 12.1. The molecule has 2 rings (SSSR count). The van der Waals surface area contributed by atoms with E-state index in [9.17, 15) is 4.79 Å². The highest BCUT2D eigenvalue weighted by atomic mass is 79.9. The van der Waals surface area contributed by atoms with Gasteiger partial charge < -0.3 is 11.1 Å². The molecule has 0 aliphatic rings.